The van der Waals surface area contributed by atoms with Crippen molar-refractivity contribution in [2.45, 2.75) is 52.9 Å². The van der Waals surface area contributed by atoms with Gasteiger partial charge in [0.15, 0.2) is 0 Å². The van der Waals surface area contributed by atoms with Crippen LogP contribution in [-0.2, 0) is 19.3 Å². The summed E-state index contributed by atoms with van der Waals surface area (Å²) in [5.41, 5.74) is 1.74. The summed E-state index contributed by atoms with van der Waals surface area (Å²) >= 11 is 0. The van der Waals surface area contributed by atoms with Gasteiger partial charge >= 0.3 is 6.18 Å². The van der Waals surface area contributed by atoms with Crippen molar-refractivity contribution in [3.8, 4) is 34.6 Å². The van der Waals surface area contributed by atoms with E-state index < -0.39 is 22.9 Å². The lowest BCUT2D eigenvalue weighted by Gasteiger charge is -2.20. The van der Waals surface area contributed by atoms with Crippen LogP contribution in [0.2, 0.25) is 0 Å². The van der Waals surface area contributed by atoms with Gasteiger partial charge in [-0.05, 0) is 96.1 Å². The number of hydrogen-bond donors (Lipinski definition) is 0. The highest BCUT2D eigenvalue weighted by molar-refractivity contribution is 5.66. The second-order valence-electron chi connectivity index (χ2n) is 11.5. The van der Waals surface area contributed by atoms with Crippen molar-refractivity contribution in [1.82, 2.24) is 4.57 Å². The largest absolute Gasteiger partial charge is 0.489 e. The van der Waals surface area contributed by atoms with E-state index in [1.165, 1.54) is 10.6 Å². The van der Waals surface area contributed by atoms with Crippen LogP contribution in [0, 0.1) is 25.2 Å². The zero-order valence-electron chi connectivity index (χ0n) is 26.0. The molecule has 0 fully saturated rings. The van der Waals surface area contributed by atoms with Gasteiger partial charge in [0.1, 0.15) is 35.5 Å². The van der Waals surface area contributed by atoms with Gasteiger partial charge in [0.2, 0.25) is 0 Å². The Morgan fingerprint density at radius 3 is 2.20 bits per heavy atom. The quantitative estimate of drug-likeness (QED) is 0.164. The fourth-order valence-corrected chi connectivity index (χ4v) is 5.29. The number of rotatable bonds is 9. The molecule has 5 aromatic rings. The molecule has 0 saturated carbocycles. The Morgan fingerprint density at radius 2 is 1.57 bits per heavy atom. The van der Waals surface area contributed by atoms with Crippen LogP contribution in [-0.4, -0.2) is 4.57 Å². The Morgan fingerprint density at radius 1 is 0.870 bits per heavy atom. The second-order valence-corrected chi connectivity index (χ2v) is 11.5. The van der Waals surface area contributed by atoms with Gasteiger partial charge in [-0.1, -0.05) is 67.9 Å². The molecule has 46 heavy (non-hydrogen) atoms. The molecule has 5 nitrogen and oxygen atoms in total. The number of pyridine rings is 1. The third-order valence-corrected chi connectivity index (χ3v) is 7.77. The summed E-state index contributed by atoms with van der Waals surface area (Å²) in [6.07, 6.45) is -4.89. The van der Waals surface area contributed by atoms with E-state index in [2.05, 4.69) is 0 Å². The zero-order valence-corrected chi connectivity index (χ0v) is 26.0. The molecule has 0 saturated heterocycles. The number of ether oxygens (including phenoxy) is 2. The highest BCUT2D eigenvalue weighted by Crippen LogP contribution is 2.38. The van der Waals surface area contributed by atoms with E-state index in [1.54, 1.807) is 30.3 Å². The molecule has 0 aliphatic carbocycles. The predicted molar refractivity (Wildman–Crippen MR) is 172 cm³/mol. The Hall–Kier alpha value is -5.29. The number of halogens is 3. The molecule has 0 amide bonds. The Balaban J connectivity index is 1.52. The highest BCUT2D eigenvalue weighted by atomic mass is 19.4. The topological polar surface area (TPSA) is 64.2 Å². The van der Waals surface area contributed by atoms with Gasteiger partial charge in [-0.25, -0.2) is 0 Å². The van der Waals surface area contributed by atoms with Crippen molar-refractivity contribution in [3.05, 3.63) is 146 Å². The highest BCUT2D eigenvalue weighted by Gasteiger charge is 2.36. The molecule has 234 valence electrons. The number of alkyl halides is 3. The van der Waals surface area contributed by atoms with Gasteiger partial charge in [0, 0.05) is 0 Å². The summed E-state index contributed by atoms with van der Waals surface area (Å²) in [6.45, 7) is 8.16. The first-order valence-electron chi connectivity index (χ1n) is 14.8. The molecule has 0 spiro atoms. The normalized spacial score (nSPS) is 11.4. The molecule has 0 aliphatic heterocycles. The summed E-state index contributed by atoms with van der Waals surface area (Å²) in [6, 6.07) is 30.2. The van der Waals surface area contributed by atoms with Gasteiger partial charge in [-0.3, -0.25) is 4.79 Å². The van der Waals surface area contributed by atoms with E-state index in [-0.39, 0.29) is 18.2 Å². The maximum atomic E-state index is 14.1. The standard InChI is InChI=1S/C38H33F3N2O3/c1-24(2)32-19-28(12-17-36(32)46-31-15-13-30(14-16-31)45-23-27-8-6-5-7-9-27)35-20-34(38(39,40)41)33(21-42)37(44)43(35)22-29-11-10-25(3)18-26(29)4/h5-20,24H,22-23H2,1-4H3. The van der Waals surface area contributed by atoms with Crippen LogP contribution >= 0.6 is 0 Å². The number of nitriles is 1. The van der Waals surface area contributed by atoms with Crippen LogP contribution in [0.3, 0.4) is 0 Å². The number of nitrogens with zero attached hydrogens (tertiary/aromatic N) is 2. The number of hydrogen-bond acceptors (Lipinski definition) is 4. The van der Waals surface area contributed by atoms with Crippen LogP contribution in [0.5, 0.6) is 17.2 Å². The van der Waals surface area contributed by atoms with Gasteiger partial charge in [0.05, 0.1) is 17.8 Å². The summed E-state index contributed by atoms with van der Waals surface area (Å²) < 4.78 is 55.7. The third kappa shape index (κ3) is 7.16. The molecule has 0 radical (unpaired) electrons. The maximum absolute atomic E-state index is 14.1. The molecule has 1 heterocycles. The van der Waals surface area contributed by atoms with Crippen molar-refractivity contribution in [1.29, 1.82) is 5.26 Å². The first-order valence-corrected chi connectivity index (χ1v) is 14.8. The fraction of sp³-hybridized carbons (Fsp3) is 0.211. The molecule has 0 N–H and O–H groups in total. The maximum Gasteiger partial charge on any atom is 0.417 e. The van der Waals surface area contributed by atoms with Crippen LogP contribution in [0.25, 0.3) is 11.3 Å². The smallest absolute Gasteiger partial charge is 0.417 e. The fourth-order valence-electron chi connectivity index (χ4n) is 5.29. The van der Waals surface area contributed by atoms with Crippen molar-refractivity contribution in [2.75, 3.05) is 0 Å². The predicted octanol–water partition coefficient (Wildman–Crippen LogP) is 9.57. The van der Waals surface area contributed by atoms with E-state index in [0.717, 1.165) is 33.9 Å². The summed E-state index contributed by atoms with van der Waals surface area (Å²) in [5, 5.41) is 9.61. The molecule has 4 aromatic carbocycles. The van der Waals surface area contributed by atoms with E-state index in [4.69, 9.17) is 9.47 Å². The molecule has 0 aliphatic rings. The van der Waals surface area contributed by atoms with Gasteiger partial charge in [-0.2, -0.15) is 18.4 Å². The lowest BCUT2D eigenvalue weighted by Crippen LogP contribution is -2.29. The molecule has 5 rings (SSSR count). The molecular weight excluding hydrogens is 589 g/mol. The molecule has 0 atom stereocenters. The van der Waals surface area contributed by atoms with Crippen LogP contribution in [0.1, 0.15) is 58.7 Å². The summed E-state index contributed by atoms with van der Waals surface area (Å²) in [4.78, 5) is 13.5. The average molecular weight is 623 g/mol. The van der Waals surface area contributed by atoms with Crippen molar-refractivity contribution >= 4 is 0 Å². The van der Waals surface area contributed by atoms with Crippen molar-refractivity contribution in [3.63, 3.8) is 0 Å². The molecule has 8 heteroatoms. The van der Waals surface area contributed by atoms with Crippen LogP contribution in [0.15, 0.2) is 102 Å². The SMILES string of the molecule is Cc1ccc(Cn2c(-c3ccc(Oc4ccc(OCc5ccccc5)cc4)c(C(C)C)c3)cc(C(F)(F)F)c(C#N)c2=O)c(C)c1. The molecule has 0 bridgehead atoms. The minimum absolute atomic E-state index is 0.00104. The Kier molecular flexibility index (Phi) is 9.33. The van der Waals surface area contributed by atoms with E-state index in [1.807, 2.05) is 88.4 Å². The van der Waals surface area contributed by atoms with Gasteiger partial charge in [0.25, 0.3) is 5.56 Å². The number of benzene rings is 4. The van der Waals surface area contributed by atoms with E-state index in [9.17, 15) is 23.2 Å². The van der Waals surface area contributed by atoms with Gasteiger partial charge in [-0.15, -0.1) is 0 Å². The molecular formula is C38H33F3N2O3. The Bertz CT molecular complexity index is 1960. The van der Waals surface area contributed by atoms with Crippen LogP contribution < -0.4 is 15.0 Å². The second kappa shape index (κ2) is 13.4. The van der Waals surface area contributed by atoms with Crippen LogP contribution in [0.4, 0.5) is 13.2 Å². The average Bonchev–Trinajstić information content (AvgIpc) is 3.02. The summed E-state index contributed by atoms with van der Waals surface area (Å²) in [5.74, 6) is 1.71. The van der Waals surface area contributed by atoms with E-state index in [0.29, 0.717) is 29.4 Å². The monoisotopic (exact) mass is 622 g/mol. The summed E-state index contributed by atoms with van der Waals surface area (Å²) in [7, 11) is 0. The Labute approximate surface area is 266 Å². The lowest BCUT2D eigenvalue weighted by molar-refractivity contribution is -0.137. The molecule has 1 aromatic heterocycles. The molecule has 0 unspecified atom stereocenters. The number of aromatic nitrogens is 1. The van der Waals surface area contributed by atoms with Gasteiger partial charge < -0.3 is 14.0 Å². The van der Waals surface area contributed by atoms with Crippen molar-refractivity contribution in [2.24, 2.45) is 0 Å². The lowest BCUT2D eigenvalue weighted by atomic mass is 9.96. The third-order valence-electron chi connectivity index (χ3n) is 7.77. The minimum atomic E-state index is -4.89. The van der Waals surface area contributed by atoms with Crippen molar-refractivity contribution < 1.29 is 22.6 Å². The van der Waals surface area contributed by atoms with E-state index >= 15 is 0 Å². The minimum Gasteiger partial charge on any atom is -0.489 e. The first kappa shape index (κ1) is 32.1. The first-order chi connectivity index (χ1) is 21.9. The number of aryl methyl sites for hydroxylation is 2. The zero-order chi connectivity index (χ0) is 33.0.